The zero-order valence-corrected chi connectivity index (χ0v) is 19.0. The summed E-state index contributed by atoms with van der Waals surface area (Å²) in [7, 11) is 3.18. The molecule has 9 heteroatoms. The van der Waals surface area contributed by atoms with Crippen molar-refractivity contribution in [2.24, 2.45) is 0 Å². The van der Waals surface area contributed by atoms with Crippen LogP contribution in [0.4, 0.5) is 5.13 Å². The SMILES string of the molecule is COc1ccc2nc(N(CCN3CCOCC3)C(=O)c3cc(Cl)ccc3OC)sc2c1. The van der Waals surface area contributed by atoms with Gasteiger partial charge in [-0.2, -0.15) is 0 Å². The van der Waals surface area contributed by atoms with E-state index in [1.807, 2.05) is 18.2 Å². The van der Waals surface area contributed by atoms with Crippen LogP contribution >= 0.6 is 22.9 Å². The van der Waals surface area contributed by atoms with E-state index in [0.29, 0.717) is 41.2 Å². The van der Waals surface area contributed by atoms with Crippen LogP contribution in [-0.4, -0.2) is 69.4 Å². The van der Waals surface area contributed by atoms with Crippen molar-refractivity contribution < 1.29 is 19.0 Å². The zero-order valence-electron chi connectivity index (χ0n) is 17.5. The van der Waals surface area contributed by atoms with Gasteiger partial charge in [-0.25, -0.2) is 4.98 Å². The average Bonchev–Trinajstić information content (AvgIpc) is 3.22. The minimum atomic E-state index is -0.196. The second-order valence-electron chi connectivity index (χ2n) is 7.09. The first-order valence-electron chi connectivity index (χ1n) is 9.99. The van der Waals surface area contributed by atoms with E-state index in [0.717, 1.165) is 35.6 Å². The molecule has 164 valence electrons. The number of thiazole rings is 1. The quantitative estimate of drug-likeness (QED) is 0.531. The normalized spacial score (nSPS) is 14.5. The third-order valence-electron chi connectivity index (χ3n) is 5.20. The third kappa shape index (κ3) is 4.93. The number of amides is 1. The van der Waals surface area contributed by atoms with Crippen LogP contribution in [0.5, 0.6) is 11.5 Å². The fraction of sp³-hybridized carbons (Fsp3) is 0.364. The molecular formula is C22H24ClN3O4S. The Morgan fingerprint density at radius 2 is 2.00 bits per heavy atom. The van der Waals surface area contributed by atoms with E-state index in [2.05, 4.69) is 4.90 Å². The predicted octanol–water partition coefficient (Wildman–Crippen LogP) is 3.95. The first kappa shape index (κ1) is 21.8. The van der Waals surface area contributed by atoms with Gasteiger partial charge >= 0.3 is 0 Å². The van der Waals surface area contributed by atoms with Crippen LogP contribution in [-0.2, 0) is 4.74 Å². The molecule has 4 rings (SSSR count). The van der Waals surface area contributed by atoms with Crippen molar-refractivity contribution in [2.75, 3.05) is 58.5 Å². The summed E-state index contributed by atoms with van der Waals surface area (Å²) in [5, 5.41) is 1.11. The van der Waals surface area contributed by atoms with Crippen LogP contribution in [0.15, 0.2) is 36.4 Å². The number of rotatable bonds is 7. The lowest BCUT2D eigenvalue weighted by molar-refractivity contribution is 0.0391. The molecule has 0 atom stereocenters. The average molecular weight is 462 g/mol. The first-order chi connectivity index (χ1) is 15.1. The molecule has 3 aromatic rings. The summed E-state index contributed by atoms with van der Waals surface area (Å²) >= 11 is 7.65. The molecule has 0 aliphatic carbocycles. The van der Waals surface area contributed by atoms with E-state index >= 15 is 0 Å². The van der Waals surface area contributed by atoms with E-state index in [-0.39, 0.29) is 5.91 Å². The molecule has 0 radical (unpaired) electrons. The zero-order chi connectivity index (χ0) is 21.8. The maximum Gasteiger partial charge on any atom is 0.263 e. The Morgan fingerprint density at radius 3 is 2.74 bits per heavy atom. The second-order valence-corrected chi connectivity index (χ2v) is 8.53. The van der Waals surface area contributed by atoms with Gasteiger partial charge in [0.2, 0.25) is 0 Å². The Morgan fingerprint density at radius 1 is 1.19 bits per heavy atom. The molecule has 1 aliphatic heterocycles. The van der Waals surface area contributed by atoms with Gasteiger partial charge in [-0.3, -0.25) is 14.6 Å². The largest absolute Gasteiger partial charge is 0.497 e. The Labute approximate surface area is 190 Å². The number of carbonyl (C=O) groups is 1. The number of halogens is 1. The molecule has 1 amide bonds. The molecule has 1 fully saturated rings. The van der Waals surface area contributed by atoms with Crippen LogP contribution in [0.25, 0.3) is 10.2 Å². The molecular weight excluding hydrogens is 438 g/mol. The number of nitrogens with zero attached hydrogens (tertiary/aromatic N) is 3. The number of carbonyl (C=O) groups excluding carboxylic acids is 1. The number of hydrogen-bond donors (Lipinski definition) is 0. The van der Waals surface area contributed by atoms with Crippen molar-refractivity contribution in [2.45, 2.75) is 0 Å². The maximum atomic E-state index is 13.6. The Kier molecular flexibility index (Phi) is 6.92. The van der Waals surface area contributed by atoms with Crippen molar-refractivity contribution in [3.05, 3.63) is 47.0 Å². The first-order valence-corrected chi connectivity index (χ1v) is 11.2. The molecule has 0 spiro atoms. The number of morpholine rings is 1. The molecule has 1 saturated heterocycles. The van der Waals surface area contributed by atoms with Gasteiger partial charge < -0.3 is 14.2 Å². The Hall–Kier alpha value is -2.39. The number of benzene rings is 2. The highest BCUT2D eigenvalue weighted by molar-refractivity contribution is 7.22. The topological polar surface area (TPSA) is 64.1 Å². The maximum absolute atomic E-state index is 13.6. The lowest BCUT2D eigenvalue weighted by Crippen LogP contribution is -2.43. The minimum absolute atomic E-state index is 0.196. The summed E-state index contributed by atoms with van der Waals surface area (Å²) in [6.45, 7) is 4.32. The monoisotopic (exact) mass is 461 g/mol. The van der Waals surface area contributed by atoms with Crippen molar-refractivity contribution in [1.82, 2.24) is 9.88 Å². The molecule has 1 aliphatic rings. The fourth-order valence-corrected chi connectivity index (χ4v) is 4.67. The highest BCUT2D eigenvalue weighted by Crippen LogP contribution is 2.33. The van der Waals surface area contributed by atoms with E-state index in [1.165, 1.54) is 11.3 Å². The van der Waals surface area contributed by atoms with Crippen molar-refractivity contribution in [3.8, 4) is 11.5 Å². The number of ether oxygens (including phenoxy) is 3. The van der Waals surface area contributed by atoms with Crippen LogP contribution in [0.3, 0.4) is 0 Å². The Bertz CT molecular complexity index is 1070. The Balaban J connectivity index is 1.68. The van der Waals surface area contributed by atoms with Gasteiger partial charge in [0.1, 0.15) is 11.5 Å². The fourth-order valence-electron chi connectivity index (χ4n) is 3.48. The lowest BCUT2D eigenvalue weighted by Gasteiger charge is -2.29. The van der Waals surface area contributed by atoms with Gasteiger partial charge in [-0.05, 0) is 36.4 Å². The smallest absolute Gasteiger partial charge is 0.263 e. The molecule has 7 nitrogen and oxygen atoms in total. The molecule has 1 aromatic heterocycles. The third-order valence-corrected chi connectivity index (χ3v) is 6.47. The number of aromatic nitrogens is 1. The minimum Gasteiger partial charge on any atom is -0.497 e. The van der Waals surface area contributed by atoms with Crippen LogP contribution in [0.2, 0.25) is 5.02 Å². The van der Waals surface area contributed by atoms with Crippen molar-refractivity contribution in [3.63, 3.8) is 0 Å². The van der Waals surface area contributed by atoms with Crippen LogP contribution < -0.4 is 14.4 Å². The highest BCUT2D eigenvalue weighted by Gasteiger charge is 2.25. The van der Waals surface area contributed by atoms with Gasteiger partial charge in [-0.15, -0.1) is 0 Å². The van der Waals surface area contributed by atoms with E-state index in [4.69, 9.17) is 30.8 Å². The summed E-state index contributed by atoms with van der Waals surface area (Å²) in [6.07, 6.45) is 0. The standard InChI is InChI=1S/C22H24ClN3O4S/c1-28-16-4-5-18-20(14-16)31-22(24-18)26(8-7-25-9-11-30-12-10-25)21(27)17-13-15(23)3-6-19(17)29-2/h3-6,13-14H,7-12H2,1-2H3. The van der Waals surface area contributed by atoms with Gasteiger partial charge in [0, 0.05) is 31.2 Å². The van der Waals surface area contributed by atoms with Crippen LogP contribution in [0.1, 0.15) is 10.4 Å². The van der Waals surface area contributed by atoms with Gasteiger partial charge in [0.05, 0.1) is 43.2 Å². The number of hydrogen-bond acceptors (Lipinski definition) is 7. The van der Waals surface area contributed by atoms with Gasteiger partial charge in [0.15, 0.2) is 5.13 Å². The molecule has 0 saturated carbocycles. The summed E-state index contributed by atoms with van der Waals surface area (Å²) < 4.78 is 17.1. The van der Waals surface area contributed by atoms with E-state index in [9.17, 15) is 4.79 Å². The molecule has 0 N–H and O–H groups in total. The van der Waals surface area contributed by atoms with E-state index < -0.39 is 0 Å². The molecule has 2 heterocycles. The van der Waals surface area contributed by atoms with Gasteiger partial charge in [-0.1, -0.05) is 22.9 Å². The number of methoxy groups -OCH3 is 2. The molecule has 0 bridgehead atoms. The second kappa shape index (κ2) is 9.82. The van der Waals surface area contributed by atoms with Crippen molar-refractivity contribution >= 4 is 44.2 Å². The number of anilines is 1. The predicted molar refractivity (Wildman–Crippen MR) is 123 cm³/mol. The summed E-state index contributed by atoms with van der Waals surface area (Å²) in [5.41, 5.74) is 1.23. The molecule has 0 unspecified atom stereocenters. The van der Waals surface area contributed by atoms with Gasteiger partial charge in [0.25, 0.3) is 5.91 Å². The molecule has 2 aromatic carbocycles. The number of fused-ring (bicyclic) bond motifs is 1. The highest BCUT2D eigenvalue weighted by atomic mass is 35.5. The van der Waals surface area contributed by atoms with Crippen molar-refractivity contribution in [1.29, 1.82) is 0 Å². The summed E-state index contributed by atoms with van der Waals surface area (Å²) in [5.74, 6) is 1.04. The van der Waals surface area contributed by atoms with E-state index in [1.54, 1.807) is 37.3 Å². The molecule has 31 heavy (non-hydrogen) atoms. The summed E-state index contributed by atoms with van der Waals surface area (Å²) in [6, 6.07) is 10.8. The van der Waals surface area contributed by atoms with Crippen LogP contribution in [0, 0.1) is 0 Å². The summed E-state index contributed by atoms with van der Waals surface area (Å²) in [4.78, 5) is 22.4. The lowest BCUT2D eigenvalue weighted by atomic mass is 10.1.